The van der Waals surface area contributed by atoms with Gasteiger partial charge in [0.15, 0.2) is 9.84 Å². The van der Waals surface area contributed by atoms with Gasteiger partial charge < -0.3 is 5.73 Å². The zero-order chi connectivity index (χ0) is 10.4. The van der Waals surface area contributed by atoms with Gasteiger partial charge in [0.1, 0.15) is 10.6 Å². The summed E-state index contributed by atoms with van der Waals surface area (Å²) in [7, 11) is -3.08. The van der Waals surface area contributed by atoms with E-state index < -0.39 is 14.6 Å². The van der Waals surface area contributed by atoms with Crippen molar-refractivity contribution in [2.24, 2.45) is 10.7 Å². The lowest BCUT2D eigenvalue weighted by Crippen LogP contribution is -2.54. The Hall–Kier alpha value is -0.580. The standard InChI is InChI=1S/C9H16N2O2S/c1-7-6-14(12,13)9(8(10)11-7)4-2-3-5-9/h7H,2-6H2,1H3,(H2,10,11). The van der Waals surface area contributed by atoms with Gasteiger partial charge in [0, 0.05) is 0 Å². The maximum Gasteiger partial charge on any atom is 0.165 e. The van der Waals surface area contributed by atoms with Gasteiger partial charge in [-0.25, -0.2) is 8.42 Å². The molecular weight excluding hydrogens is 200 g/mol. The van der Waals surface area contributed by atoms with E-state index >= 15 is 0 Å². The Morgan fingerprint density at radius 1 is 1.43 bits per heavy atom. The third-order valence-corrected chi connectivity index (χ3v) is 6.02. The van der Waals surface area contributed by atoms with Crippen molar-refractivity contribution < 1.29 is 8.42 Å². The first-order valence-electron chi connectivity index (χ1n) is 5.04. The number of nitrogens with zero attached hydrogens (tertiary/aromatic N) is 1. The van der Waals surface area contributed by atoms with Crippen molar-refractivity contribution >= 4 is 15.7 Å². The van der Waals surface area contributed by atoms with Crippen molar-refractivity contribution in [3.8, 4) is 0 Å². The van der Waals surface area contributed by atoms with E-state index in [4.69, 9.17) is 5.73 Å². The van der Waals surface area contributed by atoms with Gasteiger partial charge in [-0.1, -0.05) is 12.8 Å². The summed E-state index contributed by atoms with van der Waals surface area (Å²) < 4.78 is 23.3. The molecule has 0 aromatic heterocycles. The molecule has 1 unspecified atom stereocenters. The van der Waals surface area contributed by atoms with E-state index in [0.717, 1.165) is 12.8 Å². The van der Waals surface area contributed by atoms with Crippen LogP contribution in [0.2, 0.25) is 0 Å². The average Bonchev–Trinajstić information content (AvgIpc) is 2.48. The molecule has 0 saturated heterocycles. The van der Waals surface area contributed by atoms with E-state index in [1.165, 1.54) is 0 Å². The zero-order valence-electron chi connectivity index (χ0n) is 8.36. The van der Waals surface area contributed by atoms with Gasteiger partial charge in [0.05, 0.1) is 11.8 Å². The number of aliphatic imine (C=N–C) groups is 1. The average molecular weight is 216 g/mol. The van der Waals surface area contributed by atoms with Crippen LogP contribution in [0.1, 0.15) is 32.6 Å². The van der Waals surface area contributed by atoms with Gasteiger partial charge in [0.2, 0.25) is 0 Å². The molecule has 2 aliphatic rings. The molecule has 14 heavy (non-hydrogen) atoms. The fourth-order valence-corrected chi connectivity index (χ4v) is 4.85. The summed E-state index contributed by atoms with van der Waals surface area (Å²) in [5.74, 6) is 0.516. The lowest BCUT2D eigenvalue weighted by atomic mass is 10.1. The number of hydrogen-bond donors (Lipinski definition) is 1. The highest BCUT2D eigenvalue weighted by atomic mass is 32.2. The molecule has 0 bridgehead atoms. The summed E-state index contributed by atoms with van der Waals surface area (Å²) in [5.41, 5.74) is 5.81. The number of nitrogens with two attached hydrogens (primary N) is 1. The highest BCUT2D eigenvalue weighted by Gasteiger charge is 2.51. The van der Waals surface area contributed by atoms with Gasteiger partial charge in [-0.3, -0.25) is 4.99 Å². The van der Waals surface area contributed by atoms with Gasteiger partial charge in [-0.15, -0.1) is 0 Å². The fourth-order valence-electron chi connectivity index (χ4n) is 2.54. The Morgan fingerprint density at radius 2 is 2.00 bits per heavy atom. The minimum atomic E-state index is -3.08. The summed E-state index contributed by atoms with van der Waals surface area (Å²) in [6.45, 7) is 1.80. The second-order valence-electron chi connectivity index (χ2n) is 4.35. The molecule has 1 aliphatic carbocycles. The van der Waals surface area contributed by atoms with Crippen molar-refractivity contribution in [2.45, 2.75) is 43.4 Å². The second-order valence-corrected chi connectivity index (χ2v) is 6.69. The maximum absolute atomic E-state index is 12.1. The normalized spacial score (nSPS) is 34.4. The van der Waals surface area contributed by atoms with Crippen LogP contribution in [0.3, 0.4) is 0 Å². The van der Waals surface area contributed by atoms with Crippen LogP contribution in [0.4, 0.5) is 0 Å². The third kappa shape index (κ3) is 1.18. The molecule has 0 radical (unpaired) electrons. The lowest BCUT2D eigenvalue weighted by molar-refractivity contribution is 0.547. The van der Waals surface area contributed by atoms with Gasteiger partial charge >= 0.3 is 0 Å². The Morgan fingerprint density at radius 3 is 2.50 bits per heavy atom. The van der Waals surface area contributed by atoms with Crippen LogP contribution in [0.15, 0.2) is 4.99 Å². The molecule has 1 spiro atoms. The molecule has 5 heteroatoms. The molecule has 4 nitrogen and oxygen atoms in total. The Bertz CT molecular complexity index is 366. The summed E-state index contributed by atoms with van der Waals surface area (Å²) in [6.07, 6.45) is 3.22. The first kappa shape index (κ1) is 9.96. The largest absolute Gasteiger partial charge is 0.386 e. The highest BCUT2D eigenvalue weighted by Crippen LogP contribution is 2.40. The lowest BCUT2D eigenvalue weighted by Gasteiger charge is -2.33. The van der Waals surface area contributed by atoms with Crippen LogP contribution in [-0.4, -0.2) is 30.8 Å². The molecule has 80 valence electrons. The van der Waals surface area contributed by atoms with Crippen LogP contribution < -0.4 is 5.73 Å². The van der Waals surface area contributed by atoms with Gasteiger partial charge in [-0.2, -0.15) is 0 Å². The Balaban J connectivity index is 2.52. The van der Waals surface area contributed by atoms with E-state index in [0.29, 0.717) is 18.7 Å². The summed E-state index contributed by atoms with van der Waals surface area (Å²) in [4.78, 5) is 4.23. The molecular formula is C9H16N2O2S. The van der Waals surface area contributed by atoms with Crippen molar-refractivity contribution in [1.82, 2.24) is 0 Å². The molecule has 2 rings (SSSR count). The number of rotatable bonds is 0. The van der Waals surface area contributed by atoms with E-state index in [2.05, 4.69) is 4.99 Å². The second kappa shape index (κ2) is 2.95. The highest BCUT2D eigenvalue weighted by molar-refractivity contribution is 7.93. The van der Waals surface area contributed by atoms with Crippen molar-refractivity contribution in [2.75, 3.05) is 5.75 Å². The molecule has 0 amide bonds. The quantitative estimate of drug-likeness (QED) is 0.640. The summed E-state index contributed by atoms with van der Waals surface area (Å²) in [6, 6.07) is -0.175. The number of amidine groups is 1. The Labute approximate surface area is 84.5 Å². The predicted molar refractivity (Wildman–Crippen MR) is 56.1 cm³/mol. The van der Waals surface area contributed by atoms with E-state index in [9.17, 15) is 8.42 Å². The van der Waals surface area contributed by atoms with Crippen molar-refractivity contribution in [3.63, 3.8) is 0 Å². The molecule has 2 N–H and O–H groups in total. The first-order valence-corrected chi connectivity index (χ1v) is 6.69. The van der Waals surface area contributed by atoms with Crippen LogP contribution >= 0.6 is 0 Å². The van der Waals surface area contributed by atoms with Crippen LogP contribution in [-0.2, 0) is 9.84 Å². The molecule has 1 atom stereocenters. The SMILES string of the molecule is CC1CS(=O)(=O)C2(CCCC2)C(N)=N1. The summed E-state index contributed by atoms with van der Waals surface area (Å²) >= 11 is 0. The topological polar surface area (TPSA) is 72.5 Å². The molecule has 0 aromatic carbocycles. The summed E-state index contributed by atoms with van der Waals surface area (Å²) in [5, 5.41) is 0. The zero-order valence-corrected chi connectivity index (χ0v) is 9.18. The minimum Gasteiger partial charge on any atom is -0.386 e. The molecule has 1 aliphatic heterocycles. The van der Waals surface area contributed by atoms with E-state index in [1.807, 2.05) is 0 Å². The van der Waals surface area contributed by atoms with Crippen LogP contribution in [0.5, 0.6) is 0 Å². The minimum absolute atomic E-state index is 0.160. The predicted octanol–water partition coefficient (Wildman–Crippen LogP) is 0.473. The van der Waals surface area contributed by atoms with Crippen LogP contribution in [0.25, 0.3) is 0 Å². The fraction of sp³-hybridized carbons (Fsp3) is 0.889. The van der Waals surface area contributed by atoms with Crippen molar-refractivity contribution in [1.29, 1.82) is 0 Å². The maximum atomic E-state index is 12.1. The molecule has 1 heterocycles. The monoisotopic (exact) mass is 216 g/mol. The van der Waals surface area contributed by atoms with E-state index in [1.54, 1.807) is 6.92 Å². The number of sulfone groups is 1. The van der Waals surface area contributed by atoms with Crippen LogP contribution in [0, 0.1) is 0 Å². The van der Waals surface area contributed by atoms with Gasteiger partial charge in [0.25, 0.3) is 0 Å². The van der Waals surface area contributed by atoms with Crippen molar-refractivity contribution in [3.05, 3.63) is 0 Å². The Kier molecular flexibility index (Phi) is 2.10. The third-order valence-electron chi connectivity index (χ3n) is 3.29. The van der Waals surface area contributed by atoms with E-state index in [-0.39, 0.29) is 11.8 Å². The molecule has 1 saturated carbocycles. The molecule has 1 fully saturated rings. The van der Waals surface area contributed by atoms with Gasteiger partial charge in [-0.05, 0) is 19.8 Å². The smallest absolute Gasteiger partial charge is 0.165 e. The number of hydrogen-bond acceptors (Lipinski definition) is 4. The first-order chi connectivity index (χ1) is 6.48. The molecule has 0 aromatic rings.